The Morgan fingerprint density at radius 1 is 1.13 bits per heavy atom. The summed E-state index contributed by atoms with van der Waals surface area (Å²) in [5.41, 5.74) is 0.607. The van der Waals surface area contributed by atoms with E-state index in [1.54, 1.807) is 4.90 Å². The highest BCUT2D eigenvalue weighted by molar-refractivity contribution is 5.75. The first kappa shape index (κ1) is 19.9. The monoisotopic (exact) mass is 416 g/mol. The largest absolute Gasteiger partial charge is 0.416 e. The molecule has 0 radical (unpaired) electrons. The van der Waals surface area contributed by atoms with E-state index in [1.165, 1.54) is 12.1 Å². The van der Waals surface area contributed by atoms with Crippen molar-refractivity contribution in [2.75, 3.05) is 19.6 Å². The molecule has 2 heterocycles. The van der Waals surface area contributed by atoms with Gasteiger partial charge in [0.2, 0.25) is 11.7 Å². The Labute approximate surface area is 170 Å². The zero-order valence-corrected chi connectivity index (χ0v) is 15.9. The van der Waals surface area contributed by atoms with Crippen molar-refractivity contribution in [1.29, 1.82) is 0 Å². The highest BCUT2D eigenvalue weighted by Crippen LogP contribution is 2.32. The van der Waals surface area contributed by atoms with Gasteiger partial charge in [0.1, 0.15) is 0 Å². The van der Waals surface area contributed by atoms with Crippen LogP contribution in [0.4, 0.5) is 18.0 Å². The van der Waals surface area contributed by atoms with Gasteiger partial charge < -0.3 is 14.7 Å². The van der Waals surface area contributed by atoms with Crippen LogP contribution < -0.4 is 5.32 Å². The standard InChI is InChI=1S/C21H19F3N4O2/c22-21(23,24)17-8-4-7-15(11-17)18-26-19(30-27-18)16-12-28(13-16)20(29)25-10-9-14-5-2-1-3-6-14/h1-8,11,16H,9-10,12-13H2,(H,25,29). The highest BCUT2D eigenvalue weighted by Gasteiger charge is 2.36. The molecule has 4 rings (SSSR count). The van der Waals surface area contributed by atoms with Crippen molar-refractivity contribution < 1.29 is 22.5 Å². The summed E-state index contributed by atoms with van der Waals surface area (Å²) in [6, 6.07) is 14.5. The van der Waals surface area contributed by atoms with Gasteiger partial charge >= 0.3 is 12.2 Å². The Balaban J connectivity index is 1.29. The van der Waals surface area contributed by atoms with Crippen LogP contribution in [0.2, 0.25) is 0 Å². The second-order valence-corrected chi connectivity index (χ2v) is 7.10. The Kier molecular flexibility index (Phi) is 5.43. The molecule has 9 heteroatoms. The van der Waals surface area contributed by atoms with E-state index in [4.69, 9.17) is 4.52 Å². The molecule has 30 heavy (non-hydrogen) atoms. The molecule has 2 aromatic carbocycles. The smallest absolute Gasteiger partial charge is 0.339 e. The minimum absolute atomic E-state index is 0.0989. The van der Waals surface area contributed by atoms with Crippen molar-refractivity contribution in [2.24, 2.45) is 0 Å². The Morgan fingerprint density at radius 3 is 2.63 bits per heavy atom. The van der Waals surface area contributed by atoms with Crippen molar-refractivity contribution in [3.05, 3.63) is 71.6 Å². The lowest BCUT2D eigenvalue weighted by Crippen LogP contribution is -2.52. The van der Waals surface area contributed by atoms with E-state index in [9.17, 15) is 18.0 Å². The number of urea groups is 1. The van der Waals surface area contributed by atoms with Crippen molar-refractivity contribution in [2.45, 2.75) is 18.5 Å². The topological polar surface area (TPSA) is 71.3 Å². The molecule has 0 aliphatic carbocycles. The number of nitrogens with zero attached hydrogens (tertiary/aromatic N) is 3. The predicted molar refractivity (Wildman–Crippen MR) is 103 cm³/mol. The minimum atomic E-state index is -4.44. The number of rotatable bonds is 5. The van der Waals surface area contributed by atoms with E-state index < -0.39 is 11.7 Å². The Morgan fingerprint density at radius 2 is 1.90 bits per heavy atom. The average Bonchev–Trinajstić information content (AvgIpc) is 3.17. The Hall–Kier alpha value is -3.36. The normalized spacial score (nSPS) is 14.4. The van der Waals surface area contributed by atoms with Gasteiger partial charge in [0.05, 0.1) is 11.5 Å². The van der Waals surface area contributed by atoms with Gasteiger partial charge in [-0.3, -0.25) is 0 Å². The van der Waals surface area contributed by atoms with E-state index >= 15 is 0 Å². The zero-order valence-electron chi connectivity index (χ0n) is 15.9. The lowest BCUT2D eigenvalue weighted by molar-refractivity contribution is -0.137. The fourth-order valence-electron chi connectivity index (χ4n) is 3.22. The zero-order chi connectivity index (χ0) is 21.1. The van der Waals surface area contributed by atoms with Crippen molar-refractivity contribution in [3.8, 4) is 11.4 Å². The van der Waals surface area contributed by atoms with Crippen LogP contribution in [0.3, 0.4) is 0 Å². The molecule has 156 valence electrons. The number of carbonyl (C=O) groups excluding carboxylic acids is 1. The summed E-state index contributed by atoms with van der Waals surface area (Å²) in [6.45, 7) is 1.37. The van der Waals surface area contributed by atoms with Gasteiger partial charge in [0.25, 0.3) is 0 Å². The number of nitrogens with one attached hydrogen (secondary N) is 1. The summed E-state index contributed by atoms with van der Waals surface area (Å²) in [7, 11) is 0. The fraction of sp³-hybridized carbons (Fsp3) is 0.286. The number of alkyl halides is 3. The maximum absolute atomic E-state index is 12.9. The SMILES string of the molecule is O=C(NCCc1ccccc1)N1CC(c2nc(-c3cccc(C(F)(F)F)c3)no2)C1. The third-order valence-electron chi connectivity index (χ3n) is 4.94. The highest BCUT2D eigenvalue weighted by atomic mass is 19.4. The van der Waals surface area contributed by atoms with E-state index in [2.05, 4.69) is 15.5 Å². The van der Waals surface area contributed by atoms with Gasteiger partial charge in [-0.05, 0) is 24.1 Å². The molecule has 2 amide bonds. The van der Waals surface area contributed by atoms with Gasteiger partial charge in [0.15, 0.2) is 0 Å². The van der Waals surface area contributed by atoms with E-state index in [0.29, 0.717) is 25.5 Å². The molecule has 0 bridgehead atoms. The van der Waals surface area contributed by atoms with E-state index in [-0.39, 0.29) is 23.3 Å². The number of likely N-dealkylation sites (tertiary alicyclic amines) is 1. The number of amides is 2. The van der Waals surface area contributed by atoms with Crippen LogP contribution in [-0.2, 0) is 12.6 Å². The Bertz CT molecular complexity index is 1010. The van der Waals surface area contributed by atoms with Gasteiger partial charge in [-0.15, -0.1) is 0 Å². The van der Waals surface area contributed by atoms with Crippen LogP contribution >= 0.6 is 0 Å². The maximum Gasteiger partial charge on any atom is 0.416 e. The molecule has 1 saturated heterocycles. The fourth-order valence-corrected chi connectivity index (χ4v) is 3.22. The number of hydrogen-bond donors (Lipinski definition) is 1. The van der Waals surface area contributed by atoms with Crippen LogP contribution in [0.15, 0.2) is 59.1 Å². The molecule has 0 saturated carbocycles. The summed E-state index contributed by atoms with van der Waals surface area (Å²) in [5.74, 6) is 0.287. The summed E-state index contributed by atoms with van der Waals surface area (Å²) in [6.07, 6.45) is -3.70. The van der Waals surface area contributed by atoms with Crippen molar-refractivity contribution in [1.82, 2.24) is 20.4 Å². The van der Waals surface area contributed by atoms with Gasteiger partial charge in [-0.2, -0.15) is 18.2 Å². The second kappa shape index (κ2) is 8.17. The number of halogens is 3. The third kappa shape index (κ3) is 4.45. The predicted octanol–water partition coefficient (Wildman–Crippen LogP) is 4.11. The molecular formula is C21H19F3N4O2. The molecule has 1 aromatic heterocycles. The molecule has 0 unspecified atom stereocenters. The van der Waals surface area contributed by atoms with E-state index in [0.717, 1.165) is 24.1 Å². The number of benzene rings is 2. The second-order valence-electron chi connectivity index (χ2n) is 7.10. The van der Waals surface area contributed by atoms with Crippen LogP contribution in [0.1, 0.15) is 22.9 Å². The van der Waals surface area contributed by atoms with Crippen molar-refractivity contribution >= 4 is 6.03 Å². The van der Waals surface area contributed by atoms with Crippen LogP contribution in [0.25, 0.3) is 11.4 Å². The van der Waals surface area contributed by atoms with E-state index in [1.807, 2.05) is 30.3 Å². The van der Waals surface area contributed by atoms with Gasteiger partial charge in [-0.25, -0.2) is 4.79 Å². The molecule has 3 aromatic rings. The molecule has 1 aliphatic rings. The first-order valence-corrected chi connectivity index (χ1v) is 9.48. The summed E-state index contributed by atoms with van der Waals surface area (Å²) in [4.78, 5) is 18.0. The number of carbonyl (C=O) groups is 1. The maximum atomic E-state index is 12.9. The molecule has 1 N–H and O–H groups in total. The van der Waals surface area contributed by atoms with Gasteiger partial charge in [0, 0.05) is 25.2 Å². The molecule has 1 aliphatic heterocycles. The lowest BCUT2D eigenvalue weighted by atomic mass is 10.0. The van der Waals surface area contributed by atoms with Crippen molar-refractivity contribution in [3.63, 3.8) is 0 Å². The molecule has 0 atom stereocenters. The molecule has 6 nitrogen and oxygen atoms in total. The number of aromatic nitrogens is 2. The van der Waals surface area contributed by atoms with Crippen LogP contribution in [0.5, 0.6) is 0 Å². The third-order valence-corrected chi connectivity index (χ3v) is 4.94. The first-order valence-electron chi connectivity index (χ1n) is 9.48. The van der Waals surface area contributed by atoms with Crippen LogP contribution in [-0.4, -0.2) is 40.7 Å². The average molecular weight is 416 g/mol. The molecule has 0 spiro atoms. The first-order chi connectivity index (χ1) is 14.4. The summed E-state index contributed by atoms with van der Waals surface area (Å²) in [5, 5.41) is 6.66. The lowest BCUT2D eigenvalue weighted by Gasteiger charge is -2.36. The summed E-state index contributed by atoms with van der Waals surface area (Å²) < 4.78 is 43.8. The molecular weight excluding hydrogens is 397 g/mol. The minimum Gasteiger partial charge on any atom is -0.339 e. The summed E-state index contributed by atoms with van der Waals surface area (Å²) >= 11 is 0. The van der Waals surface area contributed by atoms with Crippen LogP contribution in [0, 0.1) is 0 Å². The molecule has 1 fully saturated rings. The number of hydrogen-bond acceptors (Lipinski definition) is 4. The van der Waals surface area contributed by atoms with Gasteiger partial charge in [-0.1, -0.05) is 47.6 Å². The quantitative estimate of drug-likeness (QED) is 0.680.